The van der Waals surface area contributed by atoms with Gasteiger partial charge in [0.2, 0.25) is 0 Å². The highest BCUT2D eigenvalue weighted by Crippen LogP contribution is 2.29. The average Bonchev–Trinajstić information content (AvgIpc) is 2.71. The van der Waals surface area contributed by atoms with Gasteiger partial charge in [-0.15, -0.1) is 11.8 Å². The maximum Gasteiger partial charge on any atom is 0.181 e. The number of anilines is 1. The first-order valence-corrected chi connectivity index (χ1v) is 5.51. The highest BCUT2D eigenvalue weighted by molar-refractivity contribution is 8.00. The SMILES string of the molecule is Nc1ncc(SCc2ccco2)s1. The van der Waals surface area contributed by atoms with Gasteiger partial charge >= 0.3 is 0 Å². The molecule has 2 aromatic rings. The summed E-state index contributed by atoms with van der Waals surface area (Å²) in [6.07, 6.45) is 3.46. The van der Waals surface area contributed by atoms with Crippen molar-refractivity contribution < 1.29 is 4.42 Å². The van der Waals surface area contributed by atoms with Crippen LogP contribution >= 0.6 is 23.1 Å². The molecule has 2 heterocycles. The summed E-state index contributed by atoms with van der Waals surface area (Å²) < 4.78 is 6.31. The van der Waals surface area contributed by atoms with Crippen molar-refractivity contribution in [3.05, 3.63) is 30.4 Å². The topological polar surface area (TPSA) is 52.0 Å². The number of nitrogens with two attached hydrogens (primary N) is 1. The molecule has 2 aromatic heterocycles. The monoisotopic (exact) mass is 212 g/mol. The quantitative estimate of drug-likeness (QED) is 0.794. The van der Waals surface area contributed by atoms with Gasteiger partial charge in [0.1, 0.15) is 5.76 Å². The van der Waals surface area contributed by atoms with Gasteiger partial charge < -0.3 is 10.2 Å². The molecule has 13 heavy (non-hydrogen) atoms. The highest BCUT2D eigenvalue weighted by Gasteiger charge is 2.01. The molecule has 0 fully saturated rings. The number of aromatic nitrogens is 1. The van der Waals surface area contributed by atoms with Crippen LogP contribution in [0.3, 0.4) is 0 Å². The summed E-state index contributed by atoms with van der Waals surface area (Å²) in [5.74, 6) is 1.80. The Hall–Kier alpha value is -0.940. The van der Waals surface area contributed by atoms with Gasteiger partial charge in [0.15, 0.2) is 5.13 Å². The number of hydrogen-bond donors (Lipinski definition) is 1. The van der Waals surface area contributed by atoms with Gasteiger partial charge in [-0.1, -0.05) is 11.3 Å². The van der Waals surface area contributed by atoms with E-state index >= 15 is 0 Å². The molecular formula is C8H8N2OS2. The second-order valence-corrected chi connectivity index (χ2v) is 4.72. The lowest BCUT2D eigenvalue weighted by Crippen LogP contribution is -1.77. The van der Waals surface area contributed by atoms with Crippen molar-refractivity contribution >= 4 is 28.2 Å². The van der Waals surface area contributed by atoms with Gasteiger partial charge in [-0.2, -0.15) is 0 Å². The van der Waals surface area contributed by atoms with Crippen molar-refractivity contribution in [3.8, 4) is 0 Å². The van der Waals surface area contributed by atoms with Crippen LogP contribution in [0.1, 0.15) is 5.76 Å². The number of thioether (sulfide) groups is 1. The van der Waals surface area contributed by atoms with Crippen LogP contribution in [0.5, 0.6) is 0 Å². The first-order chi connectivity index (χ1) is 6.34. The van der Waals surface area contributed by atoms with Crippen molar-refractivity contribution in [1.29, 1.82) is 0 Å². The summed E-state index contributed by atoms with van der Waals surface area (Å²) >= 11 is 3.18. The number of hydrogen-bond acceptors (Lipinski definition) is 5. The molecule has 0 aliphatic carbocycles. The second kappa shape index (κ2) is 3.85. The molecule has 0 aliphatic rings. The van der Waals surface area contributed by atoms with Gasteiger partial charge in [0, 0.05) is 0 Å². The Morgan fingerprint density at radius 1 is 1.62 bits per heavy atom. The molecule has 0 aromatic carbocycles. The first-order valence-electron chi connectivity index (χ1n) is 3.71. The van der Waals surface area contributed by atoms with Crippen LogP contribution in [0.15, 0.2) is 33.2 Å². The Balaban J connectivity index is 1.93. The molecule has 0 saturated carbocycles. The van der Waals surface area contributed by atoms with Crippen molar-refractivity contribution in [2.24, 2.45) is 0 Å². The number of thiazole rings is 1. The van der Waals surface area contributed by atoms with E-state index in [0.717, 1.165) is 15.7 Å². The second-order valence-electron chi connectivity index (χ2n) is 2.39. The largest absolute Gasteiger partial charge is 0.468 e. The van der Waals surface area contributed by atoms with Gasteiger partial charge in [-0.3, -0.25) is 0 Å². The Bertz CT molecular complexity index is 369. The predicted molar refractivity (Wildman–Crippen MR) is 54.8 cm³/mol. The lowest BCUT2D eigenvalue weighted by atomic mass is 10.5. The Labute approximate surface area is 84.0 Å². The third kappa shape index (κ3) is 2.26. The van der Waals surface area contributed by atoms with Gasteiger partial charge in [-0.05, 0) is 12.1 Å². The van der Waals surface area contributed by atoms with Crippen LogP contribution in [0.4, 0.5) is 5.13 Å². The van der Waals surface area contributed by atoms with Gasteiger partial charge in [0.05, 0.1) is 22.4 Å². The summed E-state index contributed by atoms with van der Waals surface area (Å²) in [5.41, 5.74) is 5.50. The third-order valence-corrected chi connectivity index (χ3v) is 3.48. The molecule has 0 atom stereocenters. The first kappa shape index (κ1) is 8.65. The molecule has 0 saturated heterocycles. The van der Waals surface area contributed by atoms with Crippen molar-refractivity contribution in [2.75, 3.05) is 5.73 Å². The summed E-state index contributed by atoms with van der Waals surface area (Å²) in [5, 5.41) is 0.613. The van der Waals surface area contributed by atoms with E-state index < -0.39 is 0 Å². The fourth-order valence-electron chi connectivity index (χ4n) is 0.876. The molecule has 0 radical (unpaired) electrons. The molecule has 2 rings (SSSR count). The van der Waals surface area contributed by atoms with Crippen LogP contribution in [-0.4, -0.2) is 4.98 Å². The fraction of sp³-hybridized carbons (Fsp3) is 0.125. The van der Waals surface area contributed by atoms with Crippen molar-refractivity contribution in [2.45, 2.75) is 9.96 Å². The van der Waals surface area contributed by atoms with E-state index in [-0.39, 0.29) is 0 Å². The van der Waals surface area contributed by atoms with E-state index in [9.17, 15) is 0 Å². The van der Waals surface area contributed by atoms with E-state index in [0.29, 0.717) is 5.13 Å². The predicted octanol–water partition coefficient (Wildman–Crippen LogP) is 2.61. The van der Waals surface area contributed by atoms with Crippen LogP contribution in [0, 0.1) is 0 Å². The molecule has 68 valence electrons. The molecule has 5 heteroatoms. The van der Waals surface area contributed by atoms with Crippen LogP contribution in [0.25, 0.3) is 0 Å². The highest BCUT2D eigenvalue weighted by atomic mass is 32.2. The maximum atomic E-state index is 5.50. The summed E-state index contributed by atoms with van der Waals surface area (Å²) in [7, 11) is 0. The average molecular weight is 212 g/mol. The summed E-state index contributed by atoms with van der Waals surface area (Å²) in [4.78, 5) is 3.96. The molecule has 0 amide bonds. The van der Waals surface area contributed by atoms with Gasteiger partial charge in [0.25, 0.3) is 0 Å². The van der Waals surface area contributed by atoms with Crippen LogP contribution in [-0.2, 0) is 5.75 Å². The molecule has 2 N–H and O–H groups in total. The zero-order valence-corrected chi connectivity index (χ0v) is 8.40. The minimum atomic E-state index is 0.613. The Morgan fingerprint density at radius 2 is 2.54 bits per heavy atom. The van der Waals surface area contributed by atoms with Gasteiger partial charge in [-0.25, -0.2) is 4.98 Å². The molecule has 0 aliphatic heterocycles. The van der Waals surface area contributed by atoms with Crippen LogP contribution in [0.2, 0.25) is 0 Å². The normalized spacial score (nSPS) is 10.5. The number of furan rings is 1. The van der Waals surface area contributed by atoms with E-state index in [1.165, 1.54) is 11.3 Å². The number of rotatable bonds is 3. The summed E-state index contributed by atoms with van der Waals surface area (Å²) in [6, 6.07) is 3.84. The lowest BCUT2D eigenvalue weighted by molar-refractivity contribution is 0.530. The Kier molecular flexibility index (Phi) is 2.56. The zero-order chi connectivity index (χ0) is 9.10. The lowest BCUT2D eigenvalue weighted by Gasteiger charge is -1.92. The minimum absolute atomic E-state index is 0.613. The number of nitrogen functional groups attached to an aromatic ring is 1. The number of nitrogens with zero attached hydrogens (tertiary/aromatic N) is 1. The molecule has 3 nitrogen and oxygen atoms in total. The van der Waals surface area contributed by atoms with Crippen molar-refractivity contribution in [3.63, 3.8) is 0 Å². The van der Waals surface area contributed by atoms with Crippen LogP contribution < -0.4 is 5.73 Å². The minimum Gasteiger partial charge on any atom is -0.468 e. The van der Waals surface area contributed by atoms with Crippen molar-refractivity contribution in [1.82, 2.24) is 4.98 Å². The fourth-order valence-corrected chi connectivity index (χ4v) is 2.54. The summed E-state index contributed by atoms with van der Waals surface area (Å²) in [6.45, 7) is 0. The van der Waals surface area contributed by atoms with E-state index in [1.54, 1.807) is 24.2 Å². The molecule has 0 spiro atoms. The molecule has 0 bridgehead atoms. The van der Waals surface area contributed by atoms with E-state index in [2.05, 4.69) is 4.98 Å². The smallest absolute Gasteiger partial charge is 0.181 e. The Morgan fingerprint density at radius 3 is 3.15 bits per heavy atom. The standard InChI is InChI=1S/C8H8N2OS2/c9-8-10-4-7(13-8)12-5-6-2-1-3-11-6/h1-4H,5H2,(H2,9,10). The maximum absolute atomic E-state index is 5.50. The van der Waals surface area contributed by atoms with E-state index in [1.807, 2.05) is 12.1 Å². The van der Waals surface area contributed by atoms with E-state index in [4.69, 9.17) is 10.2 Å². The molecule has 0 unspecified atom stereocenters. The third-order valence-electron chi connectivity index (χ3n) is 1.44. The zero-order valence-electron chi connectivity index (χ0n) is 6.77. The molecular weight excluding hydrogens is 204 g/mol.